The van der Waals surface area contributed by atoms with E-state index in [0.29, 0.717) is 28.6 Å². The third kappa shape index (κ3) is 3.98. The van der Waals surface area contributed by atoms with Gasteiger partial charge in [0, 0.05) is 30.6 Å². The molecule has 2 aromatic rings. The third-order valence-electron chi connectivity index (χ3n) is 5.07. The van der Waals surface area contributed by atoms with Crippen LogP contribution in [0.5, 0.6) is 0 Å². The average molecular weight is 375 g/mol. The molecule has 0 spiro atoms. The summed E-state index contributed by atoms with van der Waals surface area (Å²) in [5.74, 6) is 1.22. The number of carbonyl (C=O) groups is 1. The van der Waals surface area contributed by atoms with Crippen molar-refractivity contribution in [3.05, 3.63) is 23.0 Å². The average Bonchev–Trinajstić information content (AvgIpc) is 3.35. The van der Waals surface area contributed by atoms with Crippen LogP contribution in [0.3, 0.4) is 0 Å². The van der Waals surface area contributed by atoms with Gasteiger partial charge in [0.1, 0.15) is 11.4 Å². The number of nitrogens with zero attached hydrogens (tertiary/aromatic N) is 3. The molecule has 0 radical (unpaired) electrons. The van der Waals surface area contributed by atoms with Crippen LogP contribution in [0.15, 0.2) is 12.3 Å². The molecule has 0 aromatic carbocycles. The number of halogens is 1. The van der Waals surface area contributed by atoms with Crippen LogP contribution in [0.1, 0.15) is 57.1 Å². The summed E-state index contributed by atoms with van der Waals surface area (Å²) in [4.78, 5) is 20.1. The maximum Gasteiger partial charge on any atom is 0.223 e. The van der Waals surface area contributed by atoms with Crippen molar-refractivity contribution >= 4 is 23.5 Å². The molecule has 2 heterocycles. The minimum Gasteiger partial charge on any atom is -0.354 e. The van der Waals surface area contributed by atoms with Gasteiger partial charge < -0.3 is 10.6 Å². The second-order valence-electron chi connectivity index (χ2n) is 7.27. The quantitative estimate of drug-likeness (QED) is 0.746. The highest BCUT2D eigenvalue weighted by molar-refractivity contribution is 6.32. The Balaban J connectivity index is 1.42. The Morgan fingerprint density at radius 2 is 1.92 bits per heavy atom. The van der Waals surface area contributed by atoms with E-state index in [1.807, 2.05) is 6.07 Å². The van der Waals surface area contributed by atoms with Crippen LogP contribution in [0, 0.1) is 0 Å². The van der Waals surface area contributed by atoms with Crippen LogP contribution in [-0.2, 0) is 4.79 Å². The van der Waals surface area contributed by atoms with Crippen molar-refractivity contribution in [1.29, 1.82) is 0 Å². The van der Waals surface area contributed by atoms with Gasteiger partial charge in [-0.3, -0.25) is 9.89 Å². The molecule has 3 N–H and O–H groups in total. The number of rotatable bonds is 5. The lowest BCUT2D eigenvalue weighted by Gasteiger charge is -2.29. The molecule has 2 fully saturated rings. The van der Waals surface area contributed by atoms with Gasteiger partial charge in [-0.25, -0.2) is 9.97 Å². The Bertz CT molecular complexity index is 795. The smallest absolute Gasteiger partial charge is 0.223 e. The number of amides is 1. The van der Waals surface area contributed by atoms with Gasteiger partial charge in [0.25, 0.3) is 0 Å². The van der Waals surface area contributed by atoms with Crippen molar-refractivity contribution in [1.82, 2.24) is 25.5 Å². The maximum absolute atomic E-state index is 11.2. The van der Waals surface area contributed by atoms with E-state index in [1.54, 1.807) is 13.1 Å². The van der Waals surface area contributed by atoms with Gasteiger partial charge in [-0.1, -0.05) is 11.6 Å². The Kier molecular flexibility index (Phi) is 4.80. The van der Waals surface area contributed by atoms with Crippen LogP contribution in [-0.4, -0.2) is 38.2 Å². The highest BCUT2D eigenvalue weighted by Gasteiger charge is 2.26. The molecule has 26 heavy (non-hydrogen) atoms. The second-order valence-corrected chi connectivity index (χ2v) is 7.67. The van der Waals surface area contributed by atoms with E-state index >= 15 is 0 Å². The van der Waals surface area contributed by atoms with Gasteiger partial charge in [-0.2, -0.15) is 5.10 Å². The van der Waals surface area contributed by atoms with Crippen molar-refractivity contribution in [3.63, 3.8) is 0 Å². The topological polar surface area (TPSA) is 95.6 Å². The van der Waals surface area contributed by atoms with E-state index in [0.717, 1.165) is 37.1 Å². The fourth-order valence-corrected chi connectivity index (χ4v) is 3.72. The van der Waals surface area contributed by atoms with Gasteiger partial charge in [-0.15, -0.1) is 0 Å². The van der Waals surface area contributed by atoms with E-state index in [2.05, 4.69) is 30.8 Å². The van der Waals surface area contributed by atoms with Gasteiger partial charge in [0.15, 0.2) is 0 Å². The first-order valence-electron chi connectivity index (χ1n) is 9.20. The van der Waals surface area contributed by atoms with E-state index in [1.165, 1.54) is 12.8 Å². The number of carbonyl (C=O) groups excluding carboxylic acids is 1. The summed E-state index contributed by atoms with van der Waals surface area (Å²) in [5, 5.41) is 14.4. The predicted octanol–water partition coefficient (Wildman–Crippen LogP) is 3.26. The van der Waals surface area contributed by atoms with Crippen LogP contribution in [0.25, 0.3) is 11.4 Å². The molecular weight excluding hydrogens is 352 g/mol. The number of aromatic amines is 1. The minimum atomic E-state index is 0.0386. The van der Waals surface area contributed by atoms with Crippen molar-refractivity contribution in [2.75, 3.05) is 5.32 Å². The molecule has 0 atom stereocenters. The van der Waals surface area contributed by atoms with Crippen LogP contribution in [0.2, 0.25) is 5.02 Å². The Hall–Kier alpha value is -2.15. The monoisotopic (exact) mass is 374 g/mol. The molecule has 0 saturated heterocycles. The summed E-state index contributed by atoms with van der Waals surface area (Å²) in [6.07, 6.45) is 7.92. The molecule has 2 aromatic heterocycles. The fraction of sp³-hybridized carbons (Fsp3) is 0.556. The van der Waals surface area contributed by atoms with Crippen LogP contribution >= 0.6 is 11.6 Å². The summed E-state index contributed by atoms with van der Waals surface area (Å²) < 4.78 is 0. The highest BCUT2D eigenvalue weighted by Crippen LogP contribution is 2.40. The van der Waals surface area contributed by atoms with Gasteiger partial charge in [0.2, 0.25) is 11.9 Å². The SMILES string of the molecule is CC(=O)NC1CCC(Nc2ncc(Cl)c(-c3cc(C4CC4)[nH]n3)n2)CC1. The number of aromatic nitrogens is 4. The summed E-state index contributed by atoms with van der Waals surface area (Å²) in [7, 11) is 0. The number of hydrogen-bond acceptors (Lipinski definition) is 5. The summed E-state index contributed by atoms with van der Waals surface area (Å²) in [5.41, 5.74) is 2.57. The van der Waals surface area contributed by atoms with Crippen molar-refractivity contribution in [2.24, 2.45) is 0 Å². The molecule has 138 valence electrons. The summed E-state index contributed by atoms with van der Waals surface area (Å²) in [6, 6.07) is 2.61. The standard InChI is InChI=1S/C18H23ClN6O/c1-10(26)21-12-4-6-13(7-5-12)22-18-20-9-14(19)17(23-18)16-8-15(24-25-16)11-2-3-11/h8-9,11-13H,2-7H2,1H3,(H,21,26)(H,24,25)(H,20,22,23). The second kappa shape index (κ2) is 7.23. The van der Waals surface area contributed by atoms with E-state index in [-0.39, 0.29) is 11.9 Å². The maximum atomic E-state index is 11.2. The van der Waals surface area contributed by atoms with Crippen molar-refractivity contribution < 1.29 is 4.79 Å². The Morgan fingerprint density at radius 1 is 1.19 bits per heavy atom. The molecule has 4 rings (SSSR count). The Morgan fingerprint density at radius 3 is 2.62 bits per heavy atom. The van der Waals surface area contributed by atoms with E-state index in [9.17, 15) is 4.79 Å². The number of nitrogens with one attached hydrogen (secondary N) is 3. The highest BCUT2D eigenvalue weighted by atomic mass is 35.5. The molecule has 7 nitrogen and oxygen atoms in total. The van der Waals surface area contributed by atoms with Gasteiger partial charge in [0.05, 0.1) is 11.2 Å². The molecule has 8 heteroatoms. The van der Waals surface area contributed by atoms with Gasteiger partial charge >= 0.3 is 0 Å². The zero-order valence-corrected chi connectivity index (χ0v) is 15.5. The molecule has 0 unspecified atom stereocenters. The molecule has 2 aliphatic rings. The number of hydrogen-bond donors (Lipinski definition) is 3. The van der Waals surface area contributed by atoms with Crippen molar-refractivity contribution in [3.8, 4) is 11.4 Å². The molecule has 2 saturated carbocycles. The number of H-pyrrole nitrogens is 1. The summed E-state index contributed by atoms with van der Waals surface area (Å²) in [6.45, 7) is 1.57. The molecule has 2 aliphatic carbocycles. The molecule has 0 bridgehead atoms. The number of anilines is 1. The van der Waals surface area contributed by atoms with Crippen LogP contribution in [0.4, 0.5) is 5.95 Å². The predicted molar refractivity (Wildman–Crippen MR) is 100 cm³/mol. The summed E-state index contributed by atoms with van der Waals surface area (Å²) >= 11 is 6.30. The first-order valence-corrected chi connectivity index (χ1v) is 9.58. The third-order valence-corrected chi connectivity index (χ3v) is 5.35. The van der Waals surface area contributed by atoms with Crippen molar-refractivity contribution in [2.45, 2.75) is 63.5 Å². The lowest BCUT2D eigenvalue weighted by Crippen LogP contribution is -2.39. The molecule has 1 amide bonds. The zero-order chi connectivity index (χ0) is 18.1. The molecule has 0 aliphatic heterocycles. The van der Waals surface area contributed by atoms with Crippen LogP contribution < -0.4 is 10.6 Å². The fourth-order valence-electron chi connectivity index (χ4n) is 3.53. The van der Waals surface area contributed by atoms with E-state index < -0.39 is 0 Å². The lowest BCUT2D eigenvalue weighted by molar-refractivity contribution is -0.119. The molecular formula is C18H23ClN6O. The Labute approximate surface area is 157 Å². The van der Waals surface area contributed by atoms with Gasteiger partial charge in [-0.05, 0) is 44.6 Å². The normalized spacial score (nSPS) is 22.8. The first-order chi connectivity index (χ1) is 12.6. The largest absolute Gasteiger partial charge is 0.354 e. The van der Waals surface area contributed by atoms with E-state index in [4.69, 9.17) is 11.6 Å². The zero-order valence-electron chi connectivity index (χ0n) is 14.8. The minimum absolute atomic E-state index is 0.0386. The lowest BCUT2D eigenvalue weighted by atomic mass is 9.91. The first kappa shape index (κ1) is 17.3.